The van der Waals surface area contributed by atoms with Crippen LogP contribution in [0, 0.1) is 0 Å². The zero-order chi connectivity index (χ0) is 19.0. The first-order chi connectivity index (χ1) is 11.4. The van der Waals surface area contributed by atoms with Crippen molar-refractivity contribution < 1.29 is 13.9 Å². The summed E-state index contributed by atoms with van der Waals surface area (Å²) >= 11 is 0. The van der Waals surface area contributed by atoms with Crippen LogP contribution in [-0.4, -0.2) is 17.6 Å². The number of benzene rings is 1. The summed E-state index contributed by atoms with van der Waals surface area (Å²) in [4.78, 5) is 28.4. The van der Waals surface area contributed by atoms with Gasteiger partial charge in [-0.1, -0.05) is 47.6 Å². The van der Waals surface area contributed by atoms with Gasteiger partial charge in [0.05, 0.1) is 13.0 Å². The number of rotatable bonds is 3. The molecule has 0 saturated heterocycles. The van der Waals surface area contributed by atoms with E-state index in [0.29, 0.717) is 11.1 Å². The van der Waals surface area contributed by atoms with Crippen LogP contribution < -0.4 is 5.63 Å². The van der Waals surface area contributed by atoms with Gasteiger partial charge in [0.2, 0.25) is 0 Å². The van der Waals surface area contributed by atoms with Gasteiger partial charge in [-0.15, -0.1) is 0 Å². The molecule has 136 valence electrons. The van der Waals surface area contributed by atoms with Crippen molar-refractivity contribution in [2.75, 3.05) is 6.61 Å². The first-order valence-corrected chi connectivity index (χ1v) is 8.58. The number of carbonyl (C=O) groups excluding carboxylic acids is 1. The van der Waals surface area contributed by atoms with E-state index >= 15 is 0 Å². The van der Waals surface area contributed by atoms with Gasteiger partial charge in [-0.3, -0.25) is 4.79 Å². The second-order valence-electron chi connectivity index (χ2n) is 8.30. The Kier molecular flexibility index (Phi) is 5.07. The van der Waals surface area contributed by atoms with Crippen molar-refractivity contribution in [1.29, 1.82) is 0 Å². The van der Waals surface area contributed by atoms with Crippen LogP contribution in [0.25, 0.3) is 11.1 Å². The van der Waals surface area contributed by atoms with E-state index in [0.717, 1.165) is 11.1 Å². The van der Waals surface area contributed by atoms with Gasteiger partial charge in [-0.2, -0.15) is 0 Å². The van der Waals surface area contributed by atoms with Crippen molar-refractivity contribution in [3.63, 3.8) is 0 Å². The molecule has 0 unspecified atom stereocenters. The number of aromatic nitrogens is 1. The maximum Gasteiger partial charge on any atom is 0.358 e. The Hall–Kier alpha value is -2.17. The van der Waals surface area contributed by atoms with Gasteiger partial charge in [0.15, 0.2) is 5.58 Å². The number of hydrogen-bond acceptors (Lipinski definition) is 5. The molecule has 0 bridgehead atoms. The van der Waals surface area contributed by atoms with Gasteiger partial charge < -0.3 is 9.15 Å². The van der Waals surface area contributed by atoms with Crippen LogP contribution in [0.3, 0.4) is 0 Å². The van der Waals surface area contributed by atoms with Crippen molar-refractivity contribution in [2.45, 2.75) is 65.7 Å². The summed E-state index contributed by atoms with van der Waals surface area (Å²) in [6.07, 6.45) is -0.184. The lowest BCUT2D eigenvalue weighted by atomic mass is 9.80. The van der Waals surface area contributed by atoms with Crippen LogP contribution in [-0.2, 0) is 26.8 Å². The highest BCUT2D eigenvalue weighted by molar-refractivity contribution is 5.79. The Morgan fingerprint density at radius 1 is 1.12 bits per heavy atom. The summed E-state index contributed by atoms with van der Waals surface area (Å²) < 4.78 is 10.5. The largest absolute Gasteiger partial charge is 0.466 e. The fraction of sp³-hybridized carbons (Fsp3) is 0.550. The smallest absolute Gasteiger partial charge is 0.358 e. The fourth-order valence-corrected chi connectivity index (χ4v) is 2.60. The van der Waals surface area contributed by atoms with Gasteiger partial charge in [0.25, 0.3) is 0 Å². The third-order valence-electron chi connectivity index (χ3n) is 4.05. The van der Waals surface area contributed by atoms with Crippen molar-refractivity contribution in [3.8, 4) is 0 Å². The van der Waals surface area contributed by atoms with E-state index in [2.05, 4.69) is 52.6 Å². The molecular weight excluding hydrogens is 318 g/mol. The minimum atomic E-state index is -0.588. The summed E-state index contributed by atoms with van der Waals surface area (Å²) in [5.74, 6) is -0.482. The molecule has 0 aliphatic carbocycles. The molecule has 0 atom stereocenters. The van der Waals surface area contributed by atoms with E-state index in [9.17, 15) is 9.59 Å². The van der Waals surface area contributed by atoms with E-state index in [1.807, 2.05) is 6.07 Å². The first-order valence-electron chi connectivity index (χ1n) is 8.58. The minimum absolute atomic E-state index is 0.0761. The monoisotopic (exact) mass is 345 g/mol. The highest BCUT2D eigenvalue weighted by atomic mass is 16.5. The quantitative estimate of drug-likeness (QED) is 0.789. The van der Waals surface area contributed by atoms with Crippen LogP contribution >= 0.6 is 0 Å². The SMILES string of the molecule is CCOC(=O)Cc1nc2cc(C(C)(C)C)cc(C(C)(C)C)c2oc1=O. The highest BCUT2D eigenvalue weighted by Gasteiger charge is 2.25. The topological polar surface area (TPSA) is 69.4 Å². The zero-order valence-corrected chi connectivity index (χ0v) is 16.1. The average Bonchev–Trinajstić information content (AvgIpc) is 2.45. The first kappa shape index (κ1) is 19.2. The molecule has 0 N–H and O–H groups in total. The molecule has 1 heterocycles. The van der Waals surface area contributed by atoms with Crippen LogP contribution in [0.4, 0.5) is 0 Å². The Morgan fingerprint density at radius 3 is 2.28 bits per heavy atom. The van der Waals surface area contributed by atoms with Crippen LogP contribution in [0.1, 0.15) is 65.3 Å². The van der Waals surface area contributed by atoms with E-state index in [4.69, 9.17) is 9.15 Å². The maximum absolute atomic E-state index is 12.3. The third kappa shape index (κ3) is 4.27. The number of fused-ring (bicyclic) bond motifs is 1. The molecule has 0 radical (unpaired) electrons. The van der Waals surface area contributed by atoms with E-state index in [1.54, 1.807) is 6.92 Å². The highest BCUT2D eigenvalue weighted by Crippen LogP contribution is 2.34. The summed E-state index contributed by atoms with van der Waals surface area (Å²) in [5.41, 5.74) is 2.32. The zero-order valence-electron chi connectivity index (χ0n) is 16.1. The van der Waals surface area contributed by atoms with Crippen LogP contribution in [0.5, 0.6) is 0 Å². The Labute approximate surface area is 148 Å². The van der Waals surface area contributed by atoms with Gasteiger partial charge in [-0.25, -0.2) is 9.78 Å². The lowest BCUT2D eigenvalue weighted by Crippen LogP contribution is -2.21. The minimum Gasteiger partial charge on any atom is -0.466 e. The lowest BCUT2D eigenvalue weighted by molar-refractivity contribution is -0.142. The van der Waals surface area contributed by atoms with Crippen LogP contribution in [0.2, 0.25) is 0 Å². The molecule has 1 aromatic carbocycles. The molecule has 0 aliphatic rings. The molecule has 1 aromatic heterocycles. The number of hydrogen-bond donors (Lipinski definition) is 0. The number of ether oxygens (including phenoxy) is 1. The van der Waals surface area contributed by atoms with Crippen molar-refractivity contribution >= 4 is 17.1 Å². The number of esters is 1. The molecule has 2 aromatic rings. The second-order valence-corrected chi connectivity index (χ2v) is 8.30. The fourth-order valence-electron chi connectivity index (χ4n) is 2.60. The van der Waals surface area contributed by atoms with Crippen molar-refractivity contribution in [1.82, 2.24) is 4.98 Å². The molecule has 0 fully saturated rings. The normalized spacial score (nSPS) is 12.4. The van der Waals surface area contributed by atoms with Gasteiger partial charge >= 0.3 is 11.6 Å². The van der Waals surface area contributed by atoms with E-state index in [-0.39, 0.29) is 29.6 Å². The summed E-state index contributed by atoms with van der Waals surface area (Å²) in [6, 6.07) is 4.01. The van der Waals surface area contributed by atoms with Gasteiger partial charge in [0, 0.05) is 5.56 Å². The lowest BCUT2D eigenvalue weighted by Gasteiger charge is -2.25. The standard InChI is InChI=1S/C20H27NO4/c1-8-24-16(22)11-15-18(23)25-17-13(20(5,6)7)9-12(19(2,3)4)10-14(17)21-15/h9-10H,8,11H2,1-7H3. The molecule has 0 amide bonds. The molecule has 5 nitrogen and oxygen atoms in total. The molecule has 2 rings (SSSR count). The third-order valence-corrected chi connectivity index (χ3v) is 4.05. The van der Waals surface area contributed by atoms with E-state index in [1.165, 1.54) is 0 Å². The predicted octanol–water partition coefficient (Wildman–Crippen LogP) is 3.89. The summed E-state index contributed by atoms with van der Waals surface area (Å²) in [6.45, 7) is 14.6. The molecular formula is C20H27NO4. The molecule has 0 spiro atoms. The molecule has 25 heavy (non-hydrogen) atoms. The van der Waals surface area contributed by atoms with E-state index < -0.39 is 11.6 Å². The average molecular weight is 345 g/mol. The Balaban J connectivity index is 2.71. The molecule has 0 aliphatic heterocycles. The van der Waals surface area contributed by atoms with Gasteiger partial charge in [-0.05, 0) is 29.4 Å². The predicted molar refractivity (Wildman–Crippen MR) is 98.0 cm³/mol. The Bertz CT molecular complexity index is 851. The second kappa shape index (κ2) is 6.62. The summed E-state index contributed by atoms with van der Waals surface area (Å²) in [7, 11) is 0. The number of carbonyl (C=O) groups is 1. The molecule has 5 heteroatoms. The van der Waals surface area contributed by atoms with Crippen molar-refractivity contribution in [2.24, 2.45) is 0 Å². The maximum atomic E-state index is 12.3. The summed E-state index contributed by atoms with van der Waals surface area (Å²) in [5, 5.41) is 0. The van der Waals surface area contributed by atoms with Crippen molar-refractivity contribution in [3.05, 3.63) is 39.4 Å². The van der Waals surface area contributed by atoms with Gasteiger partial charge in [0.1, 0.15) is 11.2 Å². The Morgan fingerprint density at radius 2 is 1.76 bits per heavy atom. The molecule has 0 saturated carbocycles. The number of nitrogens with zero attached hydrogens (tertiary/aromatic N) is 1. The van der Waals surface area contributed by atoms with Crippen LogP contribution in [0.15, 0.2) is 21.3 Å².